The van der Waals surface area contributed by atoms with Crippen molar-refractivity contribution < 1.29 is 4.74 Å². The molecule has 1 aromatic heterocycles. The predicted octanol–water partition coefficient (Wildman–Crippen LogP) is 12.8. The first-order valence-electron chi connectivity index (χ1n) is 18.4. The van der Waals surface area contributed by atoms with E-state index in [2.05, 4.69) is 182 Å². The first-order chi connectivity index (χ1) is 26.8. The van der Waals surface area contributed by atoms with E-state index in [0.717, 1.165) is 67.0 Å². The molecule has 0 saturated heterocycles. The molecular formula is C51H32N2O. The lowest BCUT2D eigenvalue weighted by atomic mass is 9.65. The van der Waals surface area contributed by atoms with Gasteiger partial charge in [-0.05, 0) is 57.0 Å². The summed E-state index contributed by atoms with van der Waals surface area (Å²) in [5.41, 5.74) is 13.8. The van der Waals surface area contributed by atoms with Gasteiger partial charge in [0.05, 0.1) is 16.8 Å². The van der Waals surface area contributed by atoms with Crippen molar-refractivity contribution in [2.75, 3.05) is 0 Å². The second-order valence-corrected chi connectivity index (χ2v) is 14.1. The predicted molar refractivity (Wildman–Crippen MR) is 219 cm³/mol. The molecule has 0 saturated carbocycles. The van der Waals surface area contributed by atoms with Gasteiger partial charge in [0, 0.05) is 33.2 Å². The molecule has 2 aliphatic rings. The lowest BCUT2D eigenvalue weighted by Crippen LogP contribution is -2.32. The number of rotatable bonds is 4. The van der Waals surface area contributed by atoms with Crippen molar-refractivity contribution in [1.29, 1.82) is 0 Å². The highest BCUT2D eigenvalue weighted by Crippen LogP contribution is 2.63. The minimum Gasteiger partial charge on any atom is -0.456 e. The first-order valence-corrected chi connectivity index (χ1v) is 18.4. The van der Waals surface area contributed by atoms with Gasteiger partial charge in [-0.3, -0.25) is 0 Å². The van der Waals surface area contributed by atoms with Crippen molar-refractivity contribution in [2.45, 2.75) is 5.41 Å². The van der Waals surface area contributed by atoms with E-state index in [0.29, 0.717) is 5.82 Å². The van der Waals surface area contributed by atoms with Gasteiger partial charge in [0.25, 0.3) is 0 Å². The Kier molecular flexibility index (Phi) is 6.77. The average Bonchev–Trinajstić information content (AvgIpc) is 3.54. The van der Waals surface area contributed by atoms with Crippen LogP contribution < -0.4 is 4.74 Å². The molecule has 0 fully saturated rings. The summed E-state index contributed by atoms with van der Waals surface area (Å²) in [7, 11) is 0. The van der Waals surface area contributed by atoms with Crippen LogP contribution >= 0.6 is 0 Å². The van der Waals surface area contributed by atoms with E-state index >= 15 is 0 Å². The summed E-state index contributed by atoms with van der Waals surface area (Å²) < 4.78 is 7.11. The Morgan fingerprint density at radius 2 is 0.963 bits per heavy atom. The lowest BCUT2D eigenvalue weighted by molar-refractivity contribution is 0.442. The monoisotopic (exact) mass is 688 g/mol. The molecule has 2 heterocycles. The maximum Gasteiger partial charge on any atom is 0.160 e. The van der Waals surface area contributed by atoms with Crippen LogP contribution in [-0.4, -0.2) is 9.97 Å². The van der Waals surface area contributed by atoms with E-state index in [-0.39, 0.29) is 0 Å². The lowest BCUT2D eigenvalue weighted by Gasteiger charge is -2.40. The Morgan fingerprint density at radius 1 is 0.370 bits per heavy atom. The standard InChI is InChI=1S/C51H32N2O/c1-3-14-33(15-4-1)36-19-13-20-37(30-36)47-32-46(35-17-5-2-6-18-35)52-50(53-47)38-27-28-44-48(31-38)54-49-39-21-8-7-16-34(39)26-29-45(49)51(44)42-24-11-9-22-40(42)41-23-10-12-25-43(41)51/h1-32H. The van der Waals surface area contributed by atoms with Crippen LogP contribution in [0.5, 0.6) is 11.5 Å². The summed E-state index contributed by atoms with van der Waals surface area (Å²) in [6.45, 7) is 0. The van der Waals surface area contributed by atoms with Crippen LogP contribution in [0.1, 0.15) is 22.3 Å². The molecule has 0 atom stereocenters. The van der Waals surface area contributed by atoms with Gasteiger partial charge in [0.2, 0.25) is 0 Å². The number of nitrogens with zero attached hydrogens (tertiary/aromatic N) is 2. The molecule has 3 nitrogen and oxygen atoms in total. The van der Waals surface area contributed by atoms with Gasteiger partial charge in [-0.1, -0.05) is 176 Å². The van der Waals surface area contributed by atoms with E-state index in [1.165, 1.54) is 27.8 Å². The van der Waals surface area contributed by atoms with Gasteiger partial charge in [0.1, 0.15) is 11.5 Å². The van der Waals surface area contributed by atoms with Crippen molar-refractivity contribution in [3.8, 4) is 67.7 Å². The van der Waals surface area contributed by atoms with E-state index in [1.807, 2.05) is 12.1 Å². The molecule has 0 bridgehead atoms. The molecule has 1 aliphatic heterocycles. The largest absolute Gasteiger partial charge is 0.456 e. The number of ether oxygens (including phenoxy) is 1. The van der Waals surface area contributed by atoms with Crippen LogP contribution in [0.25, 0.3) is 66.9 Å². The summed E-state index contributed by atoms with van der Waals surface area (Å²) in [6.07, 6.45) is 0. The molecule has 252 valence electrons. The van der Waals surface area contributed by atoms with Crippen LogP contribution in [-0.2, 0) is 5.41 Å². The number of fused-ring (bicyclic) bond motifs is 11. The van der Waals surface area contributed by atoms with Gasteiger partial charge in [-0.15, -0.1) is 0 Å². The summed E-state index contributed by atoms with van der Waals surface area (Å²) in [4.78, 5) is 10.5. The van der Waals surface area contributed by atoms with Gasteiger partial charge in [0.15, 0.2) is 5.82 Å². The van der Waals surface area contributed by atoms with Crippen LogP contribution in [0, 0.1) is 0 Å². The quantitative estimate of drug-likeness (QED) is 0.185. The fourth-order valence-electron chi connectivity index (χ4n) is 8.74. The molecule has 0 unspecified atom stereocenters. The summed E-state index contributed by atoms with van der Waals surface area (Å²) in [5, 5.41) is 2.24. The van der Waals surface area contributed by atoms with Crippen LogP contribution in [0.4, 0.5) is 0 Å². The maximum atomic E-state index is 7.11. The Hall–Kier alpha value is -7.10. The summed E-state index contributed by atoms with van der Waals surface area (Å²) in [6, 6.07) is 68.8. The van der Waals surface area contributed by atoms with Crippen molar-refractivity contribution in [2.24, 2.45) is 0 Å². The highest BCUT2D eigenvalue weighted by Gasteiger charge is 2.51. The summed E-state index contributed by atoms with van der Waals surface area (Å²) >= 11 is 0. The zero-order chi connectivity index (χ0) is 35.6. The molecule has 0 N–H and O–H groups in total. The second kappa shape index (κ2) is 12.0. The van der Waals surface area contributed by atoms with Gasteiger partial charge in [-0.2, -0.15) is 0 Å². The van der Waals surface area contributed by atoms with Gasteiger partial charge in [-0.25, -0.2) is 9.97 Å². The average molecular weight is 689 g/mol. The second-order valence-electron chi connectivity index (χ2n) is 14.1. The van der Waals surface area contributed by atoms with E-state index in [9.17, 15) is 0 Å². The van der Waals surface area contributed by atoms with E-state index in [1.54, 1.807) is 0 Å². The minimum absolute atomic E-state index is 0.561. The Labute approximate surface area is 313 Å². The Balaban J connectivity index is 1.14. The van der Waals surface area contributed by atoms with Crippen molar-refractivity contribution in [3.05, 3.63) is 216 Å². The highest BCUT2D eigenvalue weighted by molar-refractivity contribution is 5.96. The van der Waals surface area contributed by atoms with Crippen LogP contribution in [0.2, 0.25) is 0 Å². The minimum atomic E-state index is -0.561. The SMILES string of the molecule is c1ccc(-c2cccc(-c3cc(-c4ccccc4)nc(-c4ccc5c(c4)Oc4c(ccc6ccccc46)C54c5ccccc5-c5ccccc54)n3)c2)cc1. The topological polar surface area (TPSA) is 35.0 Å². The molecule has 54 heavy (non-hydrogen) atoms. The number of hydrogen-bond acceptors (Lipinski definition) is 3. The Morgan fingerprint density at radius 3 is 1.72 bits per heavy atom. The summed E-state index contributed by atoms with van der Waals surface area (Å²) in [5.74, 6) is 2.35. The molecule has 0 amide bonds. The molecule has 1 aliphatic carbocycles. The van der Waals surface area contributed by atoms with Crippen LogP contribution in [0.15, 0.2) is 194 Å². The van der Waals surface area contributed by atoms with E-state index in [4.69, 9.17) is 14.7 Å². The zero-order valence-electron chi connectivity index (χ0n) is 29.3. The number of benzene rings is 8. The fourth-order valence-corrected chi connectivity index (χ4v) is 8.74. The Bertz CT molecular complexity index is 2870. The first kappa shape index (κ1) is 30.5. The highest BCUT2D eigenvalue weighted by atomic mass is 16.5. The van der Waals surface area contributed by atoms with Crippen molar-refractivity contribution in [3.63, 3.8) is 0 Å². The number of aromatic nitrogens is 2. The van der Waals surface area contributed by atoms with Gasteiger partial charge >= 0.3 is 0 Å². The zero-order valence-corrected chi connectivity index (χ0v) is 29.3. The van der Waals surface area contributed by atoms with Crippen molar-refractivity contribution in [1.82, 2.24) is 9.97 Å². The molecule has 8 aromatic carbocycles. The third kappa shape index (κ3) is 4.55. The third-order valence-electron chi connectivity index (χ3n) is 11.2. The molecule has 0 radical (unpaired) electrons. The van der Waals surface area contributed by atoms with Gasteiger partial charge < -0.3 is 4.74 Å². The third-order valence-corrected chi connectivity index (χ3v) is 11.2. The van der Waals surface area contributed by atoms with Crippen molar-refractivity contribution >= 4 is 10.8 Å². The molecule has 9 aromatic rings. The smallest absolute Gasteiger partial charge is 0.160 e. The molecule has 3 heteroatoms. The van der Waals surface area contributed by atoms with E-state index < -0.39 is 5.41 Å². The maximum absolute atomic E-state index is 7.11. The fraction of sp³-hybridized carbons (Fsp3) is 0.0196. The molecule has 1 spiro atoms. The molecule has 11 rings (SSSR count). The van der Waals surface area contributed by atoms with Crippen LogP contribution in [0.3, 0.4) is 0 Å². The number of hydrogen-bond donors (Lipinski definition) is 0. The normalized spacial score (nSPS) is 13.1. The molecular weight excluding hydrogens is 657 g/mol.